The molecule has 1 aromatic heterocycles. The van der Waals surface area contributed by atoms with Crippen LogP contribution in [0.2, 0.25) is 0 Å². The molecule has 0 saturated heterocycles. The van der Waals surface area contributed by atoms with Gasteiger partial charge in [-0.15, -0.1) is 0 Å². The molecule has 1 aliphatic rings. The summed E-state index contributed by atoms with van der Waals surface area (Å²) in [6, 6.07) is 0. The molecule has 0 amide bonds. The molecule has 1 heterocycles. The van der Waals surface area contributed by atoms with Crippen molar-refractivity contribution in [1.29, 1.82) is 0 Å². The first-order valence-corrected chi connectivity index (χ1v) is 6.81. The van der Waals surface area contributed by atoms with E-state index in [-0.39, 0.29) is 5.60 Å². The number of hydrogen-bond acceptors (Lipinski definition) is 3. The van der Waals surface area contributed by atoms with Gasteiger partial charge < -0.3 is 10.1 Å². The fourth-order valence-corrected chi connectivity index (χ4v) is 2.78. The summed E-state index contributed by atoms with van der Waals surface area (Å²) in [5.74, 6) is 0. The normalized spacial score (nSPS) is 18.1. The number of nitrogens with one attached hydrogen (secondary N) is 1. The highest BCUT2D eigenvalue weighted by Crippen LogP contribution is 2.34. The van der Waals surface area contributed by atoms with Gasteiger partial charge in [0.05, 0.1) is 21.5 Å². The molecule has 0 radical (unpaired) electrons. The first kappa shape index (κ1) is 13.1. The monoisotopic (exact) mass is 301 g/mol. The van der Waals surface area contributed by atoms with Crippen molar-refractivity contribution < 1.29 is 4.74 Å². The predicted molar refractivity (Wildman–Crippen MR) is 70.9 cm³/mol. The molecule has 96 valence electrons. The van der Waals surface area contributed by atoms with E-state index in [1.54, 1.807) is 0 Å². The number of ether oxygens (including phenoxy) is 1. The number of aromatic nitrogens is 2. The number of nitrogens with zero attached hydrogens (tertiary/aromatic N) is 2. The highest BCUT2D eigenvalue weighted by molar-refractivity contribution is 9.10. The molecular formula is C12H20BrN3O. The molecule has 1 saturated carbocycles. The van der Waals surface area contributed by atoms with Crippen LogP contribution < -0.4 is 5.32 Å². The lowest BCUT2D eigenvalue weighted by atomic mass is 9.80. The van der Waals surface area contributed by atoms with Gasteiger partial charge in [0, 0.05) is 27.2 Å². The molecular weight excluding hydrogens is 282 g/mol. The summed E-state index contributed by atoms with van der Waals surface area (Å²) in [6.45, 7) is 3.75. The van der Waals surface area contributed by atoms with E-state index >= 15 is 0 Å². The second-order valence-electron chi connectivity index (χ2n) is 4.81. The summed E-state index contributed by atoms with van der Waals surface area (Å²) in [5.41, 5.74) is 2.31. The zero-order chi connectivity index (χ0) is 12.5. The Morgan fingerprint density at radius 3 is 2.65 bits per heavy atom. The summed E-state index contributed by atoms with van der Waals surface area (Å²) >= 11 is 3.58. The SMILES string of the molecule is COC1(CNCc2c(Br)c(C)nn2C)CCC1. The third-order valence-corrected chi connectivity index (χ3v) is 4.73. The quantitative estimate of drug-likeness (QED) is 0.906. The smallest absolute Gasteiger partial charge is 0.0802 e. The Balaban J connectivity index is 1.90. The molecule has 2 rings (SSSR count). The molecule has 4 nitrogen and oxygen atoms in total. The van der Waals surface area contributed by atoms with Crippen molar-refractivity contribution in [3.8, 4) is 0 Å². The van der Waals surface area contributed by atoms with Crippen molar-refractivity contribution in [1.82, 2.24) is 15.1 Å². The van der Waals surface area contributed by atoms with Crippen molar-refractivity contribution in [2.24, 2.45) is 7.05 Å². The van der Waals surface area contributed by atoms with Gasteiger partial charge in [-0.2, -0.15) is 5.10 Å². The first-order valence-electron chi connectivity index (χ1n) is 6.02. The molecule has 5 heteroatoms. The van der Waals surface area contributed by atoms with E-state index in [0.717, 1.165) is 23.3 Å². The standard InChI is InChI=1S/C12H20BrN3O/c1-9-11(13)10(16(2)15-9)7-14-8-12(17-3)5-4-6-12/h14H,4-8H2,1-3H3. The third-order valence-electron chi connectivity index (χ3n) is 3.70. The van der Waals surface area contributed by atoms with Crippen LogP contribution in [0.3, 0.4) is 0 Å². The highest BCUT2D eigenvalue weighted by atomic mass is 79.9. The van der Waals surface area contributed by atoms with Crippen molar-refractivity contribution >= 4 is 15.9 Å². The van der Waals surface area contributed by atoms with Gasteiger partial charge in [0.1, 0.15) is 0 Å². The number of halogens is 1. The second-order valence-corrected chi connectivity index (χ2v) is 5.61. The molecule has 0 atom stereocenters. The number of aryl methyl sites for hydroxylation is 2. The fraction of sp³-hybridized carbons (Fsp3) is 0.750. The largest absolute Gasteiger partial charge is 0.377 e. The van der Waals surface area contributed by atoms with Crippen LogP contribution in [0.5, 0.6) is 0 Å². The Morgan fingerprint density at radius 2 is 2.24 bits per heavy atom. The average Bonchev–Trinajstić information content (AvgIpc) is 2.48. The lowest BCUT2D eigenvalue weighted by Crippen LogP contribution is -2.47. The molecule has 0 aliphatic heterocycles. The Labute approximate surface area is 111 Å². The lowest BCUT2D eigenvalue weighted by molar-refractivity contribution is -0.0696. The van der Waals surface area contributed by atoms with Crippen LogP contribution in [-0.2, 0) is 18.3 Å². The van der Waals surface area contributed by atoms with Crippen LogP contribution in [0, 0.1) is 6.92 Å². The van der Waals surface area contributed by atoms with Crippen molar-refractivity contribution in [3.63, 3.8) is 0 Å². The van der Waals surface area contributed by atoms with E-state index in [4.69, 9.17) is 4.74 Å². The van der Waals surface area contributed by atoms with Crippen LogP contribution in [0.4, 0.5) is 0 Å². The van der Waals surface area contributed by atoms with E-state index in [1.807, 2.05) is 25.8 Å². The van der Waals surface area contributed by atoms with Gasteiger partial charge in [0.15, 0.2) is 0 Å². The molecule has 1 fully saturated rings. The van der Waals surface area contributed by atoms with Crippen LogP contribution in [0.15, 0.2) is 4.47 Å². The maximum absolute atomic E-state index is 5.58. The van der Waals surface area contributed by atoms with Crippen LogP contribution in [0.25, 0.3) is 0 Å². The lowest BCUT2D eigenvalue weighted by Gasteiger charge is -2.40. The topological polar surface area (TPSA) is 39.1 Å². The molecule has 0 bridgehead atoms. The number of methoxy groups -OCH3 is 1. The summed E-state index contributed by atoms with van der Waals surface area (Å²) in [5, 5.41) is 7.85. The summed E-state index contributed by atoms with van der Waals surface area (Å²) in [6.07, 6.45) is 3.62. The minimum absolute atomic E-state index is 0.0834. The Kier molecular flexibility index (Phi) is 3.90. The zero-order valence-corrected chi connectivity index (χ0v) is 12.3. The Bertz CT molecular complexity index is 393. The first-order chi connectivity index (χ1) is 8.08. The minimum Gasteiger partial charge on any atom is -0.377 e. The third kappa shape index (κ3) is 2.56. The molecule has 0 spiro atoms. The fourth-order valence-electron chi connectivity index (χ4n) is 2.31. The molecule has 0 aromatic carbocycles. The molecule has 17 heavy (non-hydrogen) atoms. The average molecular weight is 302 g/mol. The van der Waals surface area contributed by atoms with Crippen molar-refractivity contribution in [2.45, 2.75) is 38.3 Å². The van der Waals surface area contributed by atoms with Gasteiger partial charge in [0.25, 0.3) is 0 Å². The van der Waals surface area contributed by atoms with Crippen molar-refractivity contribution in [3.05, 3.63) is 15.9 Å². The second kappa shape index (κ2) is 5.08. The molecule has 1 aliphatic carbocycles. The number of rotatable bonds is 5. The summed E-state index contributed by atoms with van der Waals surface area (Å²) in [4.78, 5) is 0. The molecule has 1 N–H and O–H groups in total. The highest BCUT2D eigenvalue weighted by Gasteiger charge is 2.36. The van der Waals surface area contributed by atoms with E-state index in [0.29, 0.717) is 0 Å². The Morgan fingerprint density at radius 1 is 1.53 bits per heavy atom. The van der Waals surface area contributed by atoms with Crippen LogP contribution in [0.1, 0.15) is 30.7 Å². The molecule has 0 unspecified atom stereocenters. The van der Waals surface area contributed by atoms with Crippen LogP contribution in [-0.4, -0.2) is 29.0 Å². The van der Waals surface area contributed by atoms with Gasteiger partial charge >= 0.3 is 0 Å². The van der Waals surface area contributed by atoms with E-state index in [2.05, 4.69) is 26.3 Å². The maximum Gasteiger partial charge on any atom is 0.0802 e. The van der Waals surface area contributed by atoms with Crippen LogP contribution >= 0.6 is 15.9 Å². The van der Waals surface area contributed by atoms with Gasteiger partial charge in [-0.05, 0) is 42.1 Å². The minimum atomic E-state index is 0.0834. The van der Waals surface area contributed by atoms with Gasteiger partial charge in [-0.3, -0.25) is 4.68 Å². The van der Waals surface area contributed by atoms with E-state index in [1.165, 1.54) is 25.0 Å². The van der Waals surface area contributed by atoms with E-state index in [9.17, 15) is 0 Å². The number of hydrogen-bond donors (Lipinski definition) is 1. The molecule has 1 aromatic rings. The van der Waals surface area contributed by atoms with Gasteiger partial charge in [-0.1, -0.05) is 0 Å². The predicted octanol–water partition coefficient (Wildman–Crippen LogP) is 2.15. The summed E-state index contributed by atoms with van der Waals surface area (Å²) < 4.78 is 8.61. The van der Waals surface area contributed by atoms with Gasteiger partial charge in [-0.25, -0.2) is 0 Å². The van der Waals surface area contributed by atoms with E-state index < -0.39 is 0 Å². The maximum atomic E-state index is 5.58. The van der Waals surface area contributed by atoms with Crippen molar-refractivity contribution in [2.75, 3.05) is 13.7 Å². The van der Waals surface area contributed by atoms with Gasteiger partial charge in [0.2, 0.25) is 0 Å². The Hall–Kier alpha value is -0.390. The summed E-state index contributed by atoms with van der Waals surface area (Å²) in [7, 11) is 3.79. The zero-order valence-electron chi connectivity index (χ0n) is 10.7.